The van der Waals surface area contributed by atoms with Gasteiger partial charge in [-0.2, -0.15) is 20.6 Å². The molecule has 0 radical (unpaired) electrons. The highest BCUT2D eigenvalue weighted by atomic mass is 15.4. The third kappa shape index (κ3) is 2.37. The number of aromatic nitrogens is 7. The number of nitrogens with two attached hydrogens (primary N) is 1. The molecule has 4 aromatic rings. The highest BCUT2D eigenvalue weighted by molar-refractivity contribution is 5.83. The van der Waals surface area contributed by atoms with Crippen molar-refractivity contribution in [2.45, 2.75) is 12.0 Å². The molecule has 28 heavy (non-hydrogen) atoms. The Morgan fingerprint density at radius 3 is 2.82 bits per heavy atom. The maximum atomic E-state index is 9.22. The number of aryl methyl sites for hydroxylation is 1. The van der Waals surface area contributed by atoms with Crippen LogP contribution in [0.4, 0.5) is 5.82 Å². The fraction of sp³-hybridized carbons (Fsp3) is 0.278. The lowest BCUT2D eigenvalue weighted by molar-refractivity contribution is 0.161. The van der Waals surface area contributed by atoms with Crippen molar-refractivity contribution in [3.63, 3.8) is 0 Å². The molecule has 10 heteroatoms. The smallest absolute Gasteiger partial charge is 0.155 e. The third-order valence-electron chi connectivity index (χ3n) is 5.19. The molecular formula is C18H18N10. The summed E-state index contributed by atoms with van der Waals surface area (Å²) in [6.45, 7) is 1.37. The molecule has 5 rings (SSSR count). The zero-order valence-electron chi connectivity index (χ0n) is 15.2. The van der Waals surface area contributed by atoms with Crippen LogP contribution in [0, 0.1) is 11.3 Å². The summed E-state index contributed by atoms with van der Waals surface area (Å²) in [6, 6.07) is 4.15. The number of nitrogens with one attached hydrogen (secondary N) is 1. The standard InChI is InChI=1S/C18H18N10/c1-26-7-12(6-23-26)14-9-27-15(2-5-22-27)16(24-14)13-8-28(25-17(13)20)18(3-4-19)10-21-11-18/h2,5-9,21H,3,10-11H2,1H3,(H2,20,25). The molecule has 0 aromatic carbocycles. The molecule has 1 fully saturated rings. The van der Waals surface area contributed by atoms with Crippen LogP contribution in [0.1, 0.15) is 6.42 Å². The van der Waals surface area contributed by atoms with E-state index >= 15 is 0 Å². The van der Waals surface area contributed by atoms with Crippen molar-refractivity contribution in [1.82, 2.24) is 39.5 Å². The predicted octanol–water partition coefficient (Wildman–Crippen LogP) is 0.788. The minimum atomic E-state index is -0.362. The number of fused-ring (bicyclic) bond motifs is 1. The van der Waals surface area contributed by atoms with Crippen molar-refractivity contribution in [3.05, 3.63) is 37.1 Å². The maximum absolute atomic E-state index is 9.22. The SMILES string of the molecule is Cn1cc(-c2cn3nccc3c(-c3cn(C4(CC#N)CNC4)nc3N)n2)cn1. The van der Waals surface area contributed by atoms with Crippen molar-refractivity contribution in [2.75, 3.05) is 18.8 Å². The van der Waals surface area contributed by atoms with Gasteiger partial charge >= 0.3 is 0 Å². The predicted molar refractivity (Wildman–Crippen MR) is 102 cm³/mol. The van der Waals surface area contributed by atoms with Gasteiger partial charge in [-0.1, -0.05) is 0 Å². The summed E-state index contributed by atoms with van der Waals surface area (Å²) in [7, 11) is 1.86. The van der Waals surface area contributed by atoms with Gasteiger partial charge in [0.2, 0.25) is 0 Å². The average Bonchev–Trinajstić information content (AvgIpc) is 3.37. The van der Waals surface area contributed by atoms with Crippen molar-refractivity contribution in [3.8, 4) is 28.6 Å². The second kappa shape index (κ2) is 5.90. The Balaban J connectivity index is 1.67. The largest absolute Gasteiger partial charge is 0.382 e. The molecule has 3 N–H and O–H groups in total. The van der Waals surface area contributed by atoms with E-state index in [2.05, 4.69) is 26.7 Å². The molecular weight excluding hydrogens is 356 g/mol. The Morgan fingerprint density at radius 1 is 1.29 bits per heavy atom. The van der Waals surface area contributed by atoms with Crippen LogP contribution in [0.5, 0.6) is 0 Å². The monoisotopic (exact) mass is 374 g/mol. The number of hydrogen-bond donors (Lipinski definition) is 2. The van der Waals surface area contributed by atoms with Gasteiger partial charge in [0.05, 0.1) is 47.9 Å². The fourth-order valence-electron chi connectivity index (χ4n) is 3.56. The third-order valence-corrected chi connectivity index (χ3v) is 5.19. The molecule has 0 aliphatic carbocycles. The summed E-state index contributed by atoms with van der Waals surface area (Å²) in [5, 5.41) is 25.5. The molecule has 1 aliphatic heterocycles. The molecule has 5 heterocycles. The summed E-state index contributed by atoms with van der Waals surface area (Å²) < 4.78 is 5.31. The lowest BCUT2D eigenvalue weighted by Crippen LogP contribution is -2.60. The fourth-order valence-corrected chi connectivity index (χ4v) is 3.56. The van der Waals surface area contributed by atoms with Crippen molar-refractivity contribution in [1.29, 1.82) is 5.26 Å². The van der Waals surface area contributed by atoms with E-state index in [9.17, 15) is 5.26 Å². The van der Waals surface area contributed by atoms with E-state index in [0.717, 1.165) is 22.3 Å². The van der Waals surface area contributed by atoms with Gasteiger partial charge in [-0.05, 0) is 6.07 Å². The maximum Gasteiger partial charge on any atom is 0.155 e. The van der Waals surface area contributed by atoms with E-state index in [1.165, 1.54) is 0 Å². The van der Waals surface area contributed by atoms with Crippen molar-refractivity contribution < 1.29 is 0 Å². The Bertz CT molecular complexity index is 1220. The minimum absolute atomic E-state index is 0.362. The van der Waals surface area contributed by atoms with E-state index in [1.807, 2.05) is 36.4 Å². The normalized spacial score (nSPS) is 15.4. The molecule has 0 amide bonds. The second-order valence-electron chi connectivity index (χ2n) is 7.07. The Hall–Kier alpha value is -3.71. The van der Waals surface area contributed by atoms with E-state index in [4.69, 9.17) is 10.7 Å². The number of nitrogen functional groups attached to an aromatic ring is 1. The molecule has 10 nitrogen and oxygen atoms in total. The van der Waals surface area contributed by atoms with Crippen molar-refractivity contribution >= 4 is 11.3 Å². The lowest BCUT2D eigenvalue weighted by atomic mass is 9.89. The molecule has 0 unspecified atom stereocenters. The van der Waals surface area contributed by atoms with Crippen molar-refractivity contribution in [2.24, 2.45) is 7.05 Å². The Kier molecular flexibility index (Phi) is 3.47. The van der Waals surface area contributed by atoms with Crippen LogP contribution in [0.3, 0.4) is 0 Å². The van der Waals surface area contributed by atoms with Gasteiger partial charge in [0.15, 0.2) is 5.82 Å². The summed E-state index contributed by atoms with van der Waals surface area (Å²) in [5.74, 6) is 0.378. The Morgan fingerprint density at radius 2 is 2.14 bits per heavy atom. The molecule has 0 bridgehead atoms. The Labute approximate surface area is 160 Å². The van der Waals surface area contributed by atoms with Gasteiger partial charge < -0.3 is 11.1 Å². The first-order chi connectivity index (χ1) is 13.6. The van der Waals surface area contributed by atoms with Gasteiger partial charge in [0.25, 0.3) is 0 Å². The van der Waals surface area contributed by atoms with E-state index in [0.29, 0.717) is 31.0 Å². The van der Waals surface area contributed by atoms with Crippen LogP contribution >= 0.6 is 0 Å². The van der Waals surface area contributed by atoms with Crippen LogP contribution in [0.15, 0.2) is 37.1 Å². The van der Waals surface area contributed by atoms with Gasteiger partial charge in [0, 0.05) is 38.1 Å². The van der Waals surface area contributed by atoms with Crippen LogP contribution < -0.4 is 11.1 Å². The first-order valence-corrected chi connectivity index (χ1v) is 8.87. The zero-order valence-corrected chi connectivity index (χ0v) is 15.2. The van der Waals surface area contributed by atoms with E-state index in [-0.39, 0.29) is 5.54 Å². The molecule has 0 atom stereocenters. The highest BCUT2D eigenvalue weighted by Crippen LogP contribution is 2.33. The first kappa shape index (κ1) is 16.5. The molecule has 0 saturated carbocycles. The van der Waals surface area contributed by atoms with E-state index < -0.39 is 0 Å². The number of nitriles is 1. The summed E-state index contributed by atoms with van der Waals surface area (Å²) >= 11 is 0. The highest BCUT2D eigenvalue weighted by Gasteiger charge is 2.40. The van der Waals surface area contributed by atoms with Crippen LogP contribution in [0.25, 0.3) is 28.0 Å². The quantitative estimate of drug-likeness (QED) is 0.540. The summed E-state index contributed by atoms with van der Waals surface area (Å²) in [6.07, 6.45) is 9.50. The van der Waals surface area contributed by atoms with Gasteiger partial charge in [-0.15, -0.1) is 0 Å². The van der Waals surface area contributed by atoms with Gasteiger partial charge in [-0.3, -0.25) is 9.36 Å². The van der Waals surface area contributed by atoms with Crippen LogP contribution in [-0.2, 0) is 12.6 Å². The zero-order chi connectivity index (χ0) is 19.3. The number of rotatable bonds is 4. The van der Waals surface area contributed by atoms with E-state index in [1.54, 1.807) is 21.6 Å². The number of hydrogen-bond acceptors (Lipinski definition) is 7. The van der Waals surface area contributed by atoms with Gasteiger partial charge in [0.1, 0.15) is 11.2 Å². The summed E-state index contributed by atoms with van der Waals surface area (Å²) in [5.41, 5.74) is 9.79. The second-order valence-corrected chi connectivity index (χ2v) is 7.07. The molecule has 140 valence electrons. The van der Waals surface area contributed by atoms with Gasteiger partial charge in [-0.25, -0.2) is 9.50 Å². The molecule has 4 aromatic heterocycles. The minimum Gasteiger partial charge on any atom is -0.382 e. The van der Waals surface area contributed by atoms with Crippen LogP contribution in [0.2, 0.25) is 0 Å². The average molecular weight is 374 g/mol. The molecule has 0 spiro atoms. The molecule has 1 aliphatic rings. The number of nitrogens with zero attached hydrogens (tertiary/aromatic N) is 8. The lowest BCUT2D eigenvalue weighted by Gasteiger charge is -2.41. The molecule has 1 saturated heterocycles. The number of anilines is 1. The van der Waals surface area contributed by atoms with Crippen LogP contribution in [-0.4, -0.2) is 47.2 Å². The summed E-state index contributed by atoms with van der Waals surface area (Å²) in [4.78, 5) is 4.84. The first-order valence-electron chi connectivity index (χ1n) is 8.87. The topological polar surface area (TPSA) is 128 Å².